The summed E-state index contributed by atoms with van der Waals surface area (Å²) in [6.07, 6.45) is 1.30. The SMILES string of the molecule is CC(=O)N1N=C(c2c(C)nc3cc(C)ccn23)O[C@H]1c1ccc(Cl)cc1. The Labute approximate surface area is 155 Å². The van der Waals surface area contributed by atoms with Crippen LogP contribution in [0.15, 0.2) is 47.7 Å². The molecule has 4 rings (SSSR count). The Hall–Kier alpha value is -2.86. The molecule has 1 aromatic carbocycles. The first-order valence-electron chi connectivity index (χ1n) is 8.20. The zero-order chi connectivity index (χ0) is 18.4. The number of imidazole rings is 1. The second-order valence-electron chi connectivity index (χ2n) is 6.27. The largest absolute Gasteiger partial charge is 0.445 e. The van der Waals surface area contributed by atoms with Crippen LogP contribution in [0.3, 0.4) is 0 Å². The molecule has 3 heterocycles. The molecule has 132 valence electrons. The van der Waals surface area contributed by atoms with Gasteiger partial charge in [0.15, 0.2) is 0 Å². The van der Waals surface area contributed by atoms with Crippen molar-refractivity contribution in [3.05, 3.63) is 70.1 Å². The van der Waals surface area contributed by atoms with Crippen LogP contribution in [0.1, 0.15) is 35.7 Å². The molecule has 0 bridgehead atoms. The summed E-state index contributed by atoms with van der Waals surface area (Å²) in [5.41, 5.74) is 4.25. The van der Waals surface area contributed by atoms with E-state index >= 15 is 0 Å². The molecule has 26 heavy (non-hydrogen) atoms. The van der Waals surface area contributed by atoms with Gasteiger partial charge in [-0.05, 0) is 43.7 Å². The first-order valence-corrected chi connectivity index (χ1v) is 8.58. The Morgan fingerprint density at radius 2 is 1.92 bits per heavy atom. The van der Waals surface area contributed by atoms with Gasteiger partial charge in [0.1, 0.15) is 11.3 Å². The van der Waals surface area contributed by atoms with Crippen molar-refractivity contribution in [3.63, 3.8) is 0 Å². The monoisotopic (exact) mass is 368 g/mol. The minimum absolute atomic E-state index is 0.206. The van der Waals surface area contributed by atoms with Gasteiger partial charge in [0.25, 0.3) is 5.90 Å². The van der Waals surface area contributed by atoms with Crippen LogP contribution < -0.4 is 0 Å². The van der Waals surface area contributed by atoms with Gasteiger partial charge in [-0.1, -0.05) is 23.7 Å². The molecule has 7 heteroatoms. The molecule has 1 aliphatic heterocycles. The molecule has 0 unspecified atom stereocenters. The number of carbonyl (C=O) groups excluding carboxylic acids is 1. The summed E-state index contributed by atoms with van der Waals surface area (Å²) in [5, 5.41) is 6.39. The number of carbonyl (C=O) groups is 1. The quantitative estimate of drug-likeness (QED) is 0.690. The number of ether oxygens (including phenoxy) is 1. The molecule has 0 fully saturated rings. The molecule has 0 N–H and O–H groups in total. The maximum Gasteiger partial charge on any atom is 0.260 e. The van der Waals surface area contributed by atoms with E-state index in [4.69, 9.17) is 16.3 Å². The van der Waals surface area contributed by atoms with Crippen molar-refractivity contribution in [2.24, 2.45) is 5.10 Å². The van der Waals surface area contributed by atoms with Gasteiger partial charge >= 0.3 is 0 Å². The summed E-state index contributed by atoms with van der Waals surface area (Å²) >= 11 is 5.96. The topological polar surface area (TPSA) is 59.2 Å². The Morgan fingerprint density at radius 1 is 1.19 bits per heavy atom. The van der Waals surface area contributed by atoms with Crippen LogP contribution in [0.2, 0.25) is 5.02 Å². The standard InChI is InChI=1S/C19H17ClN4O2/c1-11-8-9-23-16(10-11)21-12(2)17(23)18-22-24(13(3)25)19(26-18)14-4-6-15(20)7-5-14/h4-10,19H,1-3H3/t19-/m0/s1. The van der Waals surface area contributed by atoms with Gasteiger partial charge in [-0.25, -0.2) is 4.98 Å². The number of benzene rings is 1. The lowest BCUT2D eigenvalue weighted by molar-refractivity contribution is -0.135. The van der Waals surface area contributed by atoms with E-state index in [1.807, 2.05) is 48.7 Å². The third-order valence-corrected chi connectivity index (χ3v) is 4.53. The summed E-state index contributed by atoms with van der Waals surface area (Å²) in [5.74, 6) is 0.163. The van der Waals surface area contributed by atoms with Gasteiger partial charge in [0.05, 0.1) is 5.69 Å². The van der Waals surface area contributed by atoms with Crippen molar-refractivity contribution in [3.8, 4) is 0 Å². The zero-order valence-corrected chi connectivity index (χ0v) is 15.4. The molecule has 0 saturated carbocycles. The molecule has 2 aromatic heterocycles. The summed E-state index contributed by atoms with van der Waals surface area (Å²) < 4.78 is 8.00. The Morgan fingerprint density at radius 3 is 2.62 bits per heavy atom. The molecule has 0 spiro atoms. The van der Waals surface area contributed by atoms with E-state index < -0.39 is 6.23 Å². The van der Waals surface area contributed by atoms with Crippen LogP contribution in [0.5, 0.6) is 0 Å². The van der Waals surface area contributed by atoms with Gasteiger partial charge in [0.2, 0.25) is 12.1 Å². The molecule has 6 nitrogen and oxygen atoms in total. The van der Waals surface area contributed by atoms with E-state index in [0.29, 0.717) is 10.9 Å². The van der Waals surface area contributed by atoms with Crippen LogP contribution in [0, 0.1) is 13.8 Å². The van der Waals surface area contributed by atoms with E-state index in [1.54, 1.807) is 12.1 Å². The first-order chi connectivity index (χ1) is 12.4. The number of halogens is 1. The van der Waals surface area contributed by atoms with Crippen molar-refractivity contribution in [2.45, 2.75) is 27.0 Å². The van der Waals surface area contributed by atoms with Gasteiger partial charge in [-0.15, -0.1) is 5.10 Å². The highest BCUT2D eigenvalue weighted by Gasteiger charge is 2.35. The van der Waals surface area contributed by atoms with E-state index in [0.717, 1.165) is 28.2 Å². The number of amides is 1. The van der Waals surface area contributed by atoms with Crippen molar-refractivity contribution in [1.29, 1.82) is 0 Å². The lowest BCUT2D eigenvalue weighted by Gasteiger charge is -2.19. The molecule has 0 saturated heterocycles. The summed E-state index contributed by atoms with van der Waals surface area (Å²) in [4.78, 5) is 16.7. The third-order valence-electron chi connectivity index (χ3n) is 4.28. The highest BCUT2D eigenvalue weighted by Crippen LogP contribution is 2.31. The molecule has 0 aliphatic carbocycles. The molecular formula is C19H17ClN4O2. The van der Waals surface area contributed by atoms with Gasteiger partial charge < -0.3 is 4.74 Å². The molecule has 1 atom stereocenters. The number of hydrogen-bond donors (Lipinski definition) is 0. The molecule has 0 radical (unpaired) electrons. The predicted molar refractivity (Wildman–Crippen MR) is 99.0 cm³/mol. The average Bonchev–Trinajstić information content (AvgIpc) is 3.15. The second-order valence-corrected chi connectivity index (χ2v) is 6.71. The number of rotatable bonds is 2. The van der Waals surface area contributed by atoms with Crippen LogP contribution in [-0.2, 0) is 9.53 Å². The van der Waals surface area contributed by atoms with Crippen molar-refractivity contribution < 1.29 is 9.53 Å². The molecule has 3 aromatic rings. The van der Waals surface area contributed by atoms with Gasteiger partial charge in [-0.3, -0.25) is 9.20 Å². The third kappa shape index (κ3) is 2.72. The van der Waals surface area contributed by atoms with Crippen LogP contribution in [0.4, 0.5) is 0 Å². The predicted octanol–water partition coefficient (Wildman–Crippen LogP) is 3.84. The lowest BCUT2D eigenvalue weighted by atomic mass is 10.2. The molecule has 1 amide bonds. The Balaban J connectivity index is 1.78. The maximum atomic E-state index is 12.1. The van der Waals surface area contributed by atoms with Crippen molar-refractivity contribution in [2.75, 3.05) is 0 Å². The molecular weight excluding hydrogens is 352 g/mol. The fourth-order valence-electron chi connectivity index (χ4n) is 3.03. The number of fused-ring (bicyclic) bond motifs is 1. The highest BCUT2D eigenvalue weighted by molar-refractivity contribution is 6.30. The second kappa shape index (κ2) is 6.14. The smallest absolute Gasteiger partial charge is 0.260 e. The number of pyridine rings is 1. The number of hydrazone groups is 1. The lowest BCUT2D eigenvalue weighted by Crippen LogP contribution is -2.25. The van der Waals surface area contributed by atoms with Crippen molar-refractivity contribution >= 4 is 29.1 Å². The summed E-state index contributed by atoms with van der Waals surface area (Å²) in [6, 6.07) is 11.2. The fraction of sp³-hybridized carbons (Fsp3) is 0.211. The minimum Gasteiger partial charge on any atom is -0.445 e. The number of aryl methyl sites for hydroxylation is 2. The van der Waals surface area contributed by atoms with Crippen LogP contribution in [-0.4, -0.2) is 26.2 Å². The number of aromatic nitrogens is 2. The normalized spacial score (nSPS) is 16.7. The van der Waals surface area contributed by atoms with Gasteiger partial charge in [-0.2, -0.15) is 5.01 Å². The number of nitrogens with zero attached hydrogens (tertiary/aromatic N) is 4. The summed E-state index contributed by atoms with van der Waals surface area (Å²) in [6.45, 7) is 5.38. The Bertz CT molecular complexity index is 1040. The van der Waals surface area contributed by atoms with Crippen molar-refractivity contribution in [1.82, 2.24) is 14.4 Å². The average molecular weight is 369 g/mol. The van der Waals surface area contributed by atoms with Gasteiger partial charge in [0, 0.05) is 23.7 Å². The van der Waals surface area contributed by atoms with Crippen LogP contribution in [0.25, 0.3) is 5.65 Å². The first kappa shape index (κ1) is 16.6. The fourth-order valence-corrected chi connectivity index (χ4v) is 3.15. The van der Waals surface area contributed by atoms with E-state index in [9.17, 15) is 4.79 Å². The number of hydrogen-bond acceptors (Lipinski definition) is 4. The summed E-state index contributed by atoms with van der Waals surface area (Å²) in [7, 11) is 0. The Kier molecular flexibility index (Phi) is 3.92. The van der Waals surface area contributed by atoms with Crippen LogP contribution >= 0.6 is 11.6 Å². The minimum atomic E-state index is -0.629. The zero-order valence-electron chi connectivity index (χ0n) is 14.6. The van der Waals surface area contributed by atoms with E-state index in [1.165, 1.54) is 11.9 Å². The van der Waals surface area contributed by atoms with E-state index in [2.05, 4.69) is 10.1 Å². The highest BCUT2D eigenvalue weighted by atomic mass is 35.5. The maximum absolute atomic E-state index is 12.1. The van der Waals surface area contributed by atoms with E-state index in [-0.39, 0.29) is 5.91 Å². The molecule has 1 aliphatic rings.